The second-order valence-corrected chi connectivity index (χ2v) is 11.2. The second kappa shape index (κ2) is 8.35. The molecule has 4 unspecified atom stereocenters. The monoisotopic (exact) mass is 446 g/mol. The molecule has 3 saturated carbocycles. The highest BCUT2D eigenvalue weighted by Crippen LogP contribution is 2.67. The summed E-state index contributed by atoms with van der Waals surface area (Å²) < 4.78 is 5.19. The maximum Gasteiger partial charge on any atom is 0.306 e. The minimum absolute atomic E-state index is 0.0398. The highest BCUT2D eigenvalue weighted by atomic mass is 16.5. The highest BCUT2D eigenvalue weighted by molar-refractivity contribution is 5.92. The molecule has 0 saturated heterocycles. The van der Waals surface area contributed by atoms with Crippen LogP contribution in [0, 0.1) is 28.6 Å². The SMILES string of the molecule is CCCCC(=O)OCC(=O)[C@@]1(O)CCC2C3CCC4=CC(=O)CC[C@]4(C)C3C(O)C[C@@]21C. The van der Waals surface area contributed by atoms with Gasteiger partial charge in [-0.25, -0.2) is 0 Å². The van der Waals surface area contributed by atoms with Crippen LogP contribution in [-0.2, 0) is 19.1 Å². The van der Waals surface area contributed by atoms with Crippen molar-refractivity contribution in [1.29, 1.82) is 0 Å². The van der Waals surface area contributed by atoms with Gasteiger partial charge in [0.15, 0.2) is 12.4 Å². The number of fused-ring (bicyclic) bond motifs is 5. The summed E-state index contributed by atoms with van der Waals surface area (Å²) in [6.45, 7) is 5.71. The standard InChI is InChI=1S/C26H38O6/c1-4-5-6-22(30)32-15-21(29)26(31)12-10-19-18-8-7-16-13-17(27)9-11-24(16,2)23(18)20(28)14-25(19,26)3/h13,18-20,23,28,31H,4-12,14-15H2,1-3H3/t18?,19?,20?,23?,24-,25-,26-/m0/s1. The van der Waals surface area contributed by atoms with Crippen LogP contribution in [0.25, 0.3) is 0 Å². The lowest BCUT2D eigenvalue weighted by Crippen LogP contribution is -2.62. The maximum absolute atomic E-state index is 13.1. The Hall–Kier alpha value is -1.53. The van der Waals surface area contributed by atoms with E-state index in [1.54, 1.807) is 0 Å². The Morgan fingerprint density at radius 2 is 1.94 bits per heavy atom. The minimum atomic E-state index is -1.59. The quantitative estimate of drug-likeness (QED) is 0.606. The van der Waals surface area contributed by atoms with Crippen molar-refractivity contribution < 1.29 is 29.3 Å². The molecule has 6 nitrogen and oxygen atoms in total. The lowest BCUT2D eigenvalue weighted by molar-refractivity contribution is -0.184. The van der Waals surface area contributed by atoms with Crippen LogP contribution in [0.2, 0.25) is 0 Å². The first-order chi connectivity index (χ1) is 15.1. The molecule has 0 spiro atoms. The smallest absolute Gasteiger partial charge is 0.306 e. The summed E-state index contributed by atoms with van der Waals surface area (Å²) >= 11 is 0. The predicted molar refractivity (Wildman–Crippen MR) is 119 cm³/mol. The van der Waals surface area contributed by atoms with E-state index >= 15 is 0 Å². The molecule has 4 aliphatic rings. The number of unbranched alkanes of at least 4 members (excludes halogenated alkanes) is 1. The van der Waals surface area contributed by atoms with Crippen molar-refractivity contribution in [2.75, 3.05) is 6.61 Å². The fourth-order valence-electron chi connectivity index (χ4n) is 7.81. The van der Waals surface area contributed by atoms with Crippen molar-refractivity contribution in [2.24, 2.45) is 28.6 Å². The second-order valence-electron chi connectivity index (χ2n) is 11.2. The molecule has 0 heterocycles. The van der Waals surface area contributed by atoms with E-state index in [9.17, 15) is 24.6 Å². The summed E-state index contributed by atoms with van der Waals surface area (Å²) in [6.07, 6.45) is 7.43. The van der Waals surface area contributed by atoms with Crippen LogP contribution in [-0.4, -0.2) is 46.1 Å². The van der Waals surface area contributed by atoms with Crippen LogP contribution in [0.5, 0.6) is 0 Å². The topological polar surface area (TPSA) is 101 Å². The Kier molecular flexibility index (Phi) is 6.17. The summed E-state index contributed by atoms with van der Waals surface area (Å²) in [5.41, 5.74) is -1.37. The first-order valence-corrected chi connectivity index (χ1v) is 12.4. The number of aliphatic hydroxyl groups excluding tert-OH is 1. The van der Waals surface area contributed by atoms with Gasteiger partial charge in [-0.15, -0.1) is 0 Å². The predicted octanol–water partition coefficient (Wildman–Crippen LogP) is 3.52. The van der Waals surface area contributed by atoms with Gasteiger partial charge in [0.25, 0.3) is 0 Å². The number of aliphatic hydroxyl groups is 2. The molecular weight excluding hydrogens is 408 g/mol. The van der Waals surface area contributed by atoms with Crippen LogP contribution in [0.1, 0.15) is 85.0 Å². The lowest BCUT2D eigenvalue weighted by atomic mass is 9.45. The van der Waals surface area contributed by atoms with E-state index < -0.39 is 35.5 Å². The molecule has 2 N–H and O–H groups in total. The van der Waals surface area contributed by atoms with Gasteiger partial charge in [0.1, 0.15) is 5.60 Å². The number of hydrogen-bond acceptors (Lipinski definition) is 6. The molecule has 0 aromatic carbocycles. The van der Waals surface area contributed by atoms with Gasteiger partial charge in [-0.2, -0.15) is 0 Å². The van der Waals surface area contributed by atoms with Crippen molar-refractivity contribution in [3.63, 3.8) is 0 Å². The number of hydrogen-bond donors (Lipinski definition) is 2. The zero-order valence-electron chi connectivity index (χ0n) is 19.7. The first kappa shape index (κ1) is 23.6. The Morgan fingerprint density at radius 1 is 1.19 bits per heavy atom. The molecule has 4 aliphatic carbocycles. The molecule has 0 aliphatic heterocycles. The average Bonchev–Trinajstić information content (AvgIpc) is 3.02. The van der Waals surface area contributed by atoms with E-state index in [1.807, 2.05) is 19.9 Å². The molecule has 0 radical (unpaired) electrons. The van der Waals surface area contributed by atoms with Crippen LogP contribution in [0.4, 0.5) is 0 Å². The zero-order chi connectivity index (χ0) is 23.3. The van der Waals surface area contributed by atoms with Crippen LogP contribution >= 0.6 is 0 Å². The lowest BCUT2D eigenvalue weighted by Gasteiger charge is -2.60. The zero-order valence-corrected chi connectivity index (χ0v) is 19.7. The van der Waals surface area contributed by atoms with Crippen LogP contribution in [0.15, 0.2) is 11.6 Å². The maximum atomic E-state index is 13.1. The van der Waals surface area contributed by atoms with Crippen molar-refractivity contribution >= 4 is 17.5 Å². The number of allylic oxidation sites excluding steroid dienone is 1. The van der Waals surface area contributed by atoms with Crippen molar-refractivity contribution in [3.8, 4) is 0 Å². The van der Waals surface area contributed by atoms with Crippen molar-refractivity contribution in [2.45, 2.75) is 96.7 Å². The molecule has 0 bridgehead atoms. The molecule has 0 amide bonds. The molecule has 6 heteroatoms. The van der Waals surface area contributed by atoms with E-state index in [0.29, 0.717) is 25.7 Å². The number of esters is 1. The van der Waals surface area contributed by atoms with Gasteiger partial charge < -0.3 is 14.9 Å². The summed E-state index contributed by atoms with van der Waals surface area (Å²) in [7, 11) is 0. The van der Waals surface area contributed by atoms with Crippen LogP contribution < -0.4 is 0 Å². The number of ketones is 2. The molecular formula is C26H38O6. The fraction of sp³-hybridized carbons (Fsp3) is 0.808. The van der Waals surface area contributed by atoms with Gasteiger partial charge in [0.2, 0.25) is 5.78 Å². The molecule has 4 rings (SSSR count). The van der Waals surface area contributed by atoms with E-state index in [2.05, 4.69) is 6.92 Å². The Bertz CT molecular complexity index is 832. The third kappa shape index (κ3) is 3.49. The molecule has 32 heavy (non-hydrogen) atoms. The van der Waals surface area contributed by atoms with Gasteiger partial charge in [-0.05, 0) is 74.2 Å². The minimum Gasteiger partial charge on any atom is -0.458 e. The Labute approximate surface area is 190 Å². The van der Waals surface area contributed by atoms with E-state index in [0.717, 1.165) is 32.1 Å². The third-order valence-electron chi connectivity index (χ3n) is 9.61. The summed E-state index contributed by atoms with van der Waals surface area (Å²) in [6, 6.07) is 0. The summed E-state index contributed by atoms with van der Waals surface area (Å²) in [4.78, 5) is 37.1. The fourth-order valence-corrected chi connectivity index (χ4v) is 7.81. The first-order valence-electron chi connectivity index (χ1n) is 12.4. The third-order valence-corrected chi connectivity index (χ3v) is 9.61. The summed E-state index contributed by atoms with van der Waals surface area (Å²) in [5.74, 6) is -0.300. The average molecular weight is 447 g/mol. The number of carbonyl (C=O) groups is 3. The van der Waals surface area contributed by atoms with Gasteiger partial charge >= 0.3 is 5.97 Å². The highest BCUT2D eigenvalue weighted by Gasteiger charge is 2.68. The van der Waals surface area contributed by atoms with E-state index in [4.69, 9.17) is 4.74 Å². The molecule has 178 valence electrons. The van der Waals surface area contributed by atoms with Gasteiger partial charge in [0, 0.05) is 18.3 Å². The van der Waals surface area contributed by atoms with E-state index in [-0.39, 0.29) is 35.4 Å². The van der Waals surface area contributed by atoms with Crippen molar-refractivity contribution in [1.82, 2.24) is 0 Å². The van der Waals surface area contributed by atoms with E-state index in [1.165, 1.54) is 5.57 Å². The molecule has 0 aromatic rings. The Morgan fingerprint density at radius 3 is 2.66 bits per heavy atom. The van der Waals surface area contributed by atoms with Gasteiger partial charge in [0.05, 0.1) is 6.10 Å². The number of Topliss-reactive ketones (excluding diaryl/α,β-unsaturated/α-hetero) is 1. The van der Waals surface area contributed by atoms with Crippen LogP contribution in [0.3, 0.4) is 0 Å². The van der Waals surface area contributed by atoms with Gasteiger partial charge in [-0.1, -0.05) is 32.8 Å². The summed E-state index contributed by atoms with van der Waals surface area (Å²) in [5, 5.41) is 23.0. The number of rotatable bonds is 6. The number of carbonyl (C=O) groups excluding carboxylic acids is 3. The Balaban J connectivity index is 1.55. The van der Waals surface area contributed by atoms with Gasteiger partial charge in [-0.3, -0.25) is 14.4 Å². The number of ether oxygens (including phenoxy) is 1. The largest absolute Gasteiger partial charge is 0.458 e. The molecule has 3 fully saturated rings. The molecule has 7 atom stereocenters. The van der Waals surface area contributed by atoms with Crippen molar-refractivity contribution in [3.05, 3.63) is 11.6 Å². The normalized spacial score (nSPS) is 43.0. The molecule has 0 aromatic heterocycles.